The minimum atomic E-state index is -0.539. The number of carbonyl (C=O) groups excluding carboxylic acids is 2. The van der Waals surface area contributed by atoms with Crippen molar-refractivity contribution in [2.24, 2.45) is 5.10 Å². The van der Waals surface area contributed by atoms with Crippen LogP contribution in [0, 0.1) is 0 Å². The first kappa shape index (κ1) is 25.8. The molecule has 1 N–H and O–H groups in total. The zero-order valence-corrected chi connectivity index (χ0v) is 20.5. The summed E-state index contributed by atoms with van der Waals surface area (Å²) in [4.78, 5) is 24.4. The van der Waals surface area contributed by atoms with E-state index >= 15 is 0 Å². The van der Waals surface area contributed by atoms with Gasteiger partial charge in [-0.25, -0.2) is 10.2 Å². The van der Waals surface area contributed by atoms with Crippen molar-refractivity contribution in [2.45, 2.75) is 26.2 Å². The molecule has 0 spiro atoms. The van der Waals surface area contributed by atoms with E-state index in [1.165, 1.54) is 18.9 Å². The van der Waals surface area contributed by atoms with Crippen molar-refractivity contribution in [2.75, 3.05) is 13.7 Å². The van der Waals surface area contributed by atoms with Crippen LogP contribution in [-0.2, 0) is 4.79 Å². The number of nitrogens with zero attached hydrogens (tertiary/aromatic N) is 1. The van der Waals surface area contributed by atoms with Crippen LogP contribution in [0.25, 0.3) is 0 Å². The van der Waals surface area contributed by atoms with Crippen LogP contribution in [0.4, 0.5) is 0 Å². The second-order valence-corrected chi connectivity index (χ2v) is 8.20. The summed E-state index contributed by atoms with van der Waals surface area (Å²) in [5, 5.41) is 4.47. The lowest BCUT2D eigenvalue weighted by Crippen LogP contribution is -2.24. The summed E-state index contributed by atoms with van der Waals surface area (Å²) < 4.78 is 16.3. The lowest BCUT2D eigenvalue weighted by Gasteiger charge is -2.10. The Labute approximate surface area is 209 Å². The van der Waals surface area contributed by atoms with Gasteiger partial charge in [0.1, 0.15) is 5.75 Å². The zero-order chi connectivity index (χ0) is 25.2. The van der Waals surface area contributed by atoms with Crippen LogP contribution < -0.4 is 19.6 Å². The van der Waals surface area contributed by atoms with E-state index in [4.69, 9.17) is 25.8 Å². The van der Waals surface area contributed by atoms with Crippen molar-refractivity contribution in [3.05, 3.63) is 88.4 Å². The number of halogens is 1. The smallest absolute Gasteiger partial charge is 0.343 e. The number of esters is 1. The highest BCUT2D eigenvalue weighted by molar-refractivity contribution is 6.30. The van der Waals surface area contributed by atoms with Crippen molar-refractivity contribution >= 4 is 29.7 Å². The van der Waals surface area contributed by atoms with E-state index in [1.807, 2.05) is 24.3 Å². The van der Waals surface area contributed by atoms with Crippen LogP contribution in [0.2, 0.25) is 5.02 Å². The first-order valence-corrected chi connectivity index (χ1v) is 11.5. The number of amides is 1. The number of hydrogen-bond acceptors (Lipinski definition) is 6. The number of carbonyl (C=O) groups is 2. The molecule has 1 atom stereocenters. The SMILES string of the molecule is CCC(C)c1ccc(OCC(=O)NN=Cc2ccc(OC(=O)c3ccc(Cl)cc3)c(OC)c2)cc1. The molecule has 8 heteroatoms. The molecule has 1 amide bonds. The van der Waals surface area contributed by atoms with Gasteiger partial charge in [0, 0.05) is 5.02 Å². The Morgan fingerprint density at radius 2 is 1.74 bits per heavy atom. The molecule has 3 rings (SSSR count). The Bertz CT molecular complexity index is 1180. The third-order valence-corrected chi connectivity index (χ3v) is 5.56. The summed E-state index contributed by atoms with van der Waals surface area (Å²) in [6.07, 6.45) is 2.51. The molecule has 0 aliphatic rings. The van der Waals surface area contributed by atoms with E-state index in [-0.39, 0.29) is 12.4 Å². The zero-order valence-electron chi connectivity index (χ0n) is 19.8. The quantitative estimate of drug-likeness (QED) is 0.171. The highest BCUT2D eigenvalue weighted by Gasteiger charge is 2.13. The molecule has 3 aromatic rings. The minimum Gasteiger partial charge on any atom is -0.493 e. The molecule has 35 heavy (non-hydrogen) atoms. The first-order chi connectivity index (χ1) is 16.9. The summed E-state index contributed by atoms with van der Waals surface area (Å²) >= 11 is 5.85. The second kappa shape index (κ2) is 12.6. The third kappa shape index (κ3) is 7.58. The Kier molecular flexibility index (Phi) is 9.26. The maximum Gasteiger partial charge on any atom is 0.343 e. The molecule has 0 fully saturated rings. The van der Waals surface area contributed by atoms with E-state index in [2.05, 4.69) is 24.4 Å². The van der Waals surface area contributed by atoms with Gasteiger partial charge in [-0.05, 0) is 78.1 Å². The molecule has 0 aliphatic carbocycles. The van der Waals surface area contributed by atoms with Gasteiger partial charge in [0.05, 0.1) is 18.9 Å². The predicted molar refractivity (Wildman–Crippen MR) is 136 cm³/mol. The number of hydrazone groups is 1. The van der Waals surface area contributed by atoms with Gasteiger partial charge < -0.3 is 14.2 Å². The highest BCUT2D eigenvalue weighted by Crippen LogP contribution is 2.28. The number of nitrogens with one attached hydrogen (secondary N) is 1. The molecule has 0 heterocycles. The Morgan fingerprint density at radius 1 is 1.03 bits per heavy atom. The van der Waals surface area contributed by atoms with Crippen LogP contribution in [-0.4, -0.2) is 31.8 Å². The standard InChI is InChI=1S/C27H27ClN2O5/c1-4-18(2)20-8-12-23(13-9-20)34-17-26(31)30-29-16-19-5-14-24(25(15-19)33-3)35-27(32)21-6-10-22(28)11-7-21/h5-16,18H,4,17H2,1-3H3,(H,30,31). The fraction of sp³-hybridized carbons (Fsp3) is 0.222. The van der Waals surface area contributed by atoms with Gasteiger partial charge in [-0.3, -0.25) is 4.79 Å². The van der Waals surface area contributed by atoms with Gasteiger partial charge in [0.25, 0.3) is 5.91 Å². The van der Waals surface area contributed by atoms with Gasteiger partial charge in [0.15, 0.2) is 18.1 Å². The van der Waals surface area contributed by atoms with Crippen molar-refractivity contribution in [3.63, 3.8) is 0 Å². The molecular weight excluding hydrogens is 468 g/mol. The molecule has 0 aromatic heterocycles. The third-order valence-electron chi connectivity index (χ3n) is 5.30. The predicted octanol–water partition coefficient (Wildman–Crippen LogP) is 5.61. The lowest BCUT2D eigenvalue weighted by molar-refractivity contribution is -0.123. The molecule has 0 bridgehead atoms. The van der Waals surface area contributed by atoms with Crippen molar-refractivity contribution in [1.29, 1.82) is 0 Å². The van der Waals surface area contributed by atoms with E-state index in [0.717, 1.165) is 6.42 Å². The average Bonchev–Trinajstić information content (AvgIpc) is 2.88. The fourth-order valence-electron chi connectivity index (χ4n) is 3.08. The number of rotatable bonds is 10. The minimum absolute atomic E-state index is 0.164. The number of methoxy groups -OCH3 is 1. The first-order valence-electron chi connectivity index (χ1n) is 11.1. The van der Waals surface area contributed by atoms with Crippen LogP contribution in [0.5, 0.6) is 17.2 Å². The Morgan fingerprint density at radius 3 is 2.40 bits per heavy atom. The molecule has 0 saturated heterocycles. The summed E-state index contributed by atoms with van der Waals surface area (Å²) in [5.74, 6) is 0.749. The Balaban J connectivity index is 1.52. The summed E-state index contributed by atoms with van der Waals surface area (Å²) in [7, 11) is 1.46. The van der Waals surface area contributed by atoms with Gasteiger partial charge in [-0.15, -0.1) is 0 Å². The summed E-state index contributed by atoms with van der Waals surface area (Å²) in [5.41, 5.74) is 4.64. The number of benzene rings is 3. The fourth-order valence-corrected chi connectivity index (χ4v) is 3.21. The van der Waals surface area contributed by atoms with Gasteiger partial charge >= 0.3 is 5.97 Å². The molecule has 182 valence electrons. The lowest BCUT2D eigenvalue weighted by atomic mass is 9.99. The Hall–Kier alpha value is -3.84. The van der Waals surface area contributed by atoms with Crippen LogP contribution in [0.15, 0.2) is 71.8 Å². The summed E-state index contributed by atoms with van der Waals surface area (Å²) in [6, 6.07) is 19.0. The van der Waals surface area contributed by atoms with Crippen LogP contribution in [0.3, 0.4) is 0 Å². The molecule has 1 unspecified atom stereocenters. The van der Waals surface area contributed by atoms with Crippen molar-refractivity contribution in [3.8, 4) is 17.2 Å². The van der Waals surface area contributed by atoms with Crippen LogP contribution >= 0.6 is 11.6 Å². The molecule has 0 saturated carbocycles. The van der Waals surface area contributed by atoms with Gasteiger partial charge in [-0.1, -0.05) is 37.6 Å². The number of hydrogen-bond donors (Lipinski definition) is 1. The van der Waals surface area contributed by atoms with E-state index in [1.54, 1.807) is 42.5 Å². The average molecular weight is 495 g/mol. The monoisotopic (exact) mass is 494 g/mol. The maximum atomic E-state index is 12.3. The van der Waals surface area contributed by atoms with E-state index in [9.17, 15) is 9.59 Å². The maximum absolute atomic E-state index is 12.3. The largest absolute Gasteiger partial charge is 0.493 e. The number of ether oxygens (including phenoxy) is 3. The molecule has 3 aromatic carbocycles. The van der Waals surface area contributed by atoms with Crippen LogP contribution in [0.1, 0.15) is 47.7 Å². The van der Waals surface area contributed by atoms with Gasteiger partial charge in [-0.2, -0.15) is 5.10 Å². The van der Waals surface area contributed by atoms with Gasteiger partial charge in [0.2, 0.25) is 0 Å². The second-order valence-electron chi connectivity index (χ2n) is 7.77. The van der Waals surface area contributed by atoms with Crippen molar-refractivity contribution in [1.82, 2.24) is 5.43 Å². The molecular formula is C27H27ClN2O5. The highest BCUT2D eigenvalue weighted by atomic mass is 35.5. The van der Waals surface area contributed by atoms with E-state index in [0.29, 0.717) is 33.6 Å². The molecule has 0 radical (unpaired) electrons. The molecule has 7 nitrogen and oxygen atoms in total. The molecule has 0 aliphatic heterocycles. The normalized spacial score (nSPS) is 11.7. The summed E-state index contributed by atoms with van der Waals surface area (Å²) in [6.45, 7) is 4.14. The van der Waals surface area contributed by atoms with Crippen molar-refractivity contribution < 1.29 is 23.8 Å². The topological polar surface area (TPSA) is 86.2 Å². The van der Waals surface area contributed by atoms with E-state index < -0.39 is 11.9 Å².